The Kier molecular flexibility index (Phi) is 4.73. The standard InChI is InChI=1S/C14H18F3NOS/c15-14(16,17)11-6-7-13(12(18)8-11)20(19)9-10-4-2-1-3-5-10/h6-8,10H,1-5,9,18H2. The molecule has 1 aliphatic rings. The smallest absolute Gasteiger partial charge is 0.398 e. The minimum atomic E-state index is -4.42. The number of anilines is 1. The molecule has 20 heavy (non-hydrogen) atoms. The Labute approximate surface area is 119 Å². The van der Waals surface area contributed by atoms with E-state index in [0.29, 0.717) is 16.6 Å². The molecule has 0 amide bonds. The molecule has 2 rings (SSSR count). The predicted molar refractivity (Wildman–Crippen MR) is 73.7 cm³/mol. The van der Waals surface area contributed by atoms with Crippen LogP contribution >= 0.6 is 0 Å². The molecule has 1 fully saturated rings. The van der Waals surface area contributed by atoms with Crippen molar-refractivity contribution in [2.75, 3.05) is 11.5 Å². The highest BCUT2D eigenvalue weighted by Crippen LogP contribution is 2.33. The fourth-order valence-corrected chi connectivity index (χ4v) is 4.07. The van der Waals surface area contributed by atoms with Crippen molar-refractivity contribution in [3.8, 4) is 0 Å². The molecule has 112 valence electrons. The zero-order chi connectivity index (χ0) is 14.8. The maximum absolute atomic E-state index is 12.5. The summed E-state index contributed by atoms with van der Waals surface area (Å²) >= 11 is 0. The van der Waals surface area contributed by atoms with E-state index < -0.39 is 22.5 Å². The van der Waals surface area contributed by atoms with E-state index in [-0.39, 0.29) is 5.69 Å². The second-order valence-electron chi connectivity index (χ2n) is 5.27. The molecule has 1 aliphatic carbocycles. The van der Waals surface area contributed by atoms with Crippen LogP contribution in [0.25, 0.3) is 0 Å². The number of nitrogens with two attached hydrogens (primary N) is 1. The van der Waals surface area contributed by atoms with Gasteiger partial charge in [0.25, 0.3) is 0 Å². The molecule has 0 bridgehead atoms. The van der Waals surface area contributed by atoms with Gasteiger partial charge in [-0.2, -0.15) is 13.2 Å². The Morgan fingerprint density at radius 1 is 1.20 bits per heavy atom. The molecule has 0 spiro atoms. The summed E-state index contributed by atoms with van der Waals surface area (Å²) < 4.78 is 49.9. The highest BCUT2D eigenvalue weighted by Gasteiger charge is 2.31. The molecule has 1 saturated carbocycles. The lowest BCUT2D eigenvalue weighted by atomic mass is 9.91. The minimum Gasteiger partial charge on any atom is -0.398 e. The first kappa shape index (κ1) is 15.4. The Bertz CT molecular complexity index is 496. The number of hydrogen-bond donors (Lipinski definition) is 1. The molecule has 1 aromatic carbocycles. The van der Waals surface area contributed by atoms with Gasteiger partial charge in [0.1, 0.15) is 0 Å². The molecule has 0 heterocycles. The molecular formula is C14H18F3NOS. The largest absolute Gasteiger partial charge is 0.416 e. The van der Waals surface area contributed by atoms with Gasteiger partial charge in [0.05, 0.1) is 21.3 Å². The van der Waals surface area contributed by atoms with Gasteiger partial charge >= 0.3 is 6.18 Å². The summed E-state index contributed by atoms with van der Waals surface area (Å²) in [7, 11) is -1.32. The van der Waals surface area contributed by atoms with Gasteiger partial charge in [0.15, 0.2) is 0 Å². The SMILES string of the molecule is Nc1cc(C(F)(F)F)ccc1S(=O)CC1CCCCC1. The molecule has 0 radical (unpaired) electrons. The van der Waals surface area contributed by atoms with Gasteiger partial charge in [0.2, 0.25) is 0 Å². The molecule has 0 aromatic heterocycles. The van der Waals surface area contributed by atoms with Gasteiger partial charge in [0, 0.05) is 11.4 Å². The normalized spacial score (nSPS) is 18.9. The number of alkyl halides is 3. The Hall–Kier alpha value is -1.04. The summed E-state index contributed by atoms with van der Waals surface area (Å²) in [6.07, 6.45) is 1.18. The van der Waals surface area contributed by atoms with Gasteiger partial charge in [-0.3, -0.25) is 4.21 Å². The zero-order valence-corrected chi connectivity index (χ0v) is 11.9. The van der Waals surface area contributed by atoms with Crippen LogP contribution in [-0.4, -0.2) is 9.96 Å². The Morgan fingerprint density at radius 2 is 1.85 bits per heavy atom. The summed E-state index contributed by atoms with van der Waals surface area (Å²) in [5, 5.41) is 0. The molecule has 6 heteroatoms. The van der Waals surface area contributed by atoms with Crippen LogP contribution in [0, 0.1) is 5.92 Å². The Morgan fingerprint density at radius 3 is 2.40 bits per heavy atom. The molecule has 1 atom stereocenters. The lowest BCUT2D eigenvalue weighted by Crippen LogP contribution is -2.16. The van der Waals surface area contributed by atoms with E-state index in [0.717, 1.165) is 37.8 Å². The monoisotopic (exact) mass is 305 g/mol. The molecule has 1 unspecified atom stereocenters. The van der Waals surface area contributed by atoms with E-state index in [1.165, 1.54) is 12.5 Å². The van der Waals surface area contributed by atoms with Crippen LogP contribution in [0.15, 0.2) is 23.1 Å². The first-order valence-corrected chi connectivity index (χ1v) is 8.05. The first-order valence-electron chi connectivity index (χ1n) is 6.73. The van der Waals surface area contributed by atoms with Crippen LogP contribution in [0.2, 0.25) is 0 Å². The van der Waals surface area contributed by atoms with E-state index in [4.69, 9.17) is 5.73 Å². The van der Waals surface area contributed by atoms with Gasteiger partial charge in [-0.25, -0.2) is 0 Å². The van der Waals surface area contributed by atoms with E-state index in [9.17, 15) is 17.4 Å². The lowest BCUT2D eigenvalue weighted by Gasteiger charge is -2.21. The van der Waals surface area contributed by atoms with Gasteiger partial charge in [-0.1, -0.05) is 19.3 Å². The van der Waals surface area contributed by atoms with Crippen LogP contribution in [0.1, 0.15) is 37.7 Å². The second kappa shape index (κ2) is 6.16. The number of nitrogen functional groups attached to an aromatic ring is 1. The zero-order valence-electron chi connectivity index (χ0n) is 11.1. The average Bonchev–Trinajstić information content (AvgIpc) is 2.38. The van der Waals surface area contributed by atoms with Crippen LogP contribution in [-0.2, 0) is 17.0 Å². The summed E-state index contributed by atoms with van der Waals surface area (Å²) in [6.45, 7) is 0. The predicted octanol–water partition coefficient (Wildman–Crippen LogP) is 3.98. The van der Waals surface area contributed by atoms with E-state index in [1.807, 2.05) is 0 Å². The van der Waals surface area contributed by atoms with E-state index in [2.05, 4.69) is 0 Å². The summed E-state index contributed by atoms with van der Waals surface area (Å²) in [5.41, 5.74) is 4.80. The van der Waals surface area contributed by atoms with Crippen molar-refractivity contribution in [1.29, 1.82) is 0 Å². The maximum atomic E-state index is 12.5. The molecule has 2 N–H and O–H groups in total. The van der Waals surface area contributed by atoms with E-state index in [1.54, 1.807) is 0 Å². The molecule has 0 saturated heterocycles. The number of halogens is 3. The molecule has 0 aliphatic heterocycles. The van der Waals surface area contributed by atoms with Crippen molar-refractivity contribution in [2.45, 2.75) is 43.2 Å². The van der Waals surface area contributed by atoms with Crippen LogP contribution in [0.4, 0.5) is 18.9 Å². The lowest BCUT2D eigenvalue weighted by molar-refractivity contribution is -0.137. The Balaban J connectivity index is 2.10. The first-order chi connectivity index (χ1) is 9.38. The fourth-order valence-electron chi connectivity index (χ4n) is 2.59. The quantitative estimate of drug-likeness (QED) is 0.859. The van der Waals surface area contributed by atoms with Crippen molar-refractivity contribution in [3.63, 3.8) is 0 Å². The molecular weight excluding hydrogens is 287 g/mol. The maximum Gasteiger partial charge on any atom is 0.416 e. The number of hydrogen-bond acceptors (Lipinski definition) is 2. The van der Waals surface area contributed by atoms with Crippen LogP contribution in [0.5, 0.6) is 0 Å². The number of benzene rings is 1. The highest BCUT2D eigenvalue weighted by molar-refractivity contribution is 7.85. The number of rotatable bonds is 3. The van der Waals surface area contributed by atoms with Crippen molar-refractivity contribution < 1.29 is 17.4 Å². The van der Waals surface area contributed by atoms with Gasteiger partial charge in [-0.05, 0) is 37.0 Å². The average molecular weight is 305 g/mol. The summed E-state index contributed by atoms with van der Waals surface area (Å²) in [5.74, 6) is 0.890. The molecule has 1 aromatic rings. The second-order valence-corrected chi connectivity index (χ2v) is 6.73. The third-order valence-electron chi connectivity index (χ3n) is 3.69. The van der Waals surface area contributed by atoms with Crippen molar-refractivity contribution in [2.24, 2.45) is 5.92 Å². The summed E-state index contributed by atoms with van der Waals surface area (Å²) in [6, 6.07) is 3.07. The van der Waals surface area contributed by atoms with Crippen LogP contribution in [0.3, 0.4) is 0 Å². The van der Waals surface area contributed by atoms with Crippen molar-refractivity contribution in [3.05, 3.63) is 23.8 Å². The molecule has 2 nitrogen and oxygen atoms in total. The third kappa shape index (κ3) is 3.75. The highest BCUT2D eigenvalue weighted by atomic mass is 32.2. The van der Waals surface area contributed by atoms with Gasteiger partial charge in [-0.15, -0.1) is 0 Å². The topological polar surface area (TPSA) is 43.1 Å². The van der Waals surface area contributed by atoms with Crippen molar-refractivity contribution >= 4 is 16.5 Å². The minimum absolute atomic E-state index is 0.0334. The van der Waals surface area contributed by atoms with Gasteiger partial charge < -0.3 is 5.73 Å². The van der Waals surface area contributed by atoms with Crippen LogP contribution < -0.4 is 5.73 Å². The van der Waals surface area contributed by atoms with Crippen molar-refractivity contribution in [1.82, 2.24) is 0 Å². The summed E-state index contributed by atoms with van der Waals surface area (Å²) in [4.78, 5) is 0.323. The fraction of sp³-hybridized carbons (Fsp3) is 0.571. The third-order valence-corrected chi connectivity index (χ3v) is 5.33. The van der Waals surface area contributed by atoms with E-state index >= 15 is 0 Å².